The number of benzene rings is 1. The molecule has 1 saturated heterocycles. The predicted octanol–water partition coefficient (Wildman–Crippen LogP) is 3.76. The molecule has 2 heteroatoms. The van der Waals surface area contributed by atoms with Crippen LogP contribution in [0.1, 0.15) is 37.7 Å². The third kappa shape index (κ3) is 4.39. The van der Waals surface area contributed by atoms with E-state index in [-0.39, 0.29) is 0 Å². The van der Waals surface area contributed by atoms with Gasteiger partial charge in [-0.15, -0.1) is 0 Å². The zero-order valence-electron chi connectivity index (χ0n) is 10.7. The first-order valence-electron chi connectivity index (χ1n) is 6.77. The molecule has 1 heterocycles. The summed E-state index contributed by atoms with van der Waals surface area (Å²) in [6.07, 6.45) is 6.75. The molecule has 1 aromatic carbocycles. The molecule has 1 aromatic rings. The highest BCUT2D eigenvalue weighted by atomic mass is 16.5. The van der Waals surface area contributed by atoms with E-state index in [1.54, 1.807) is 0 Å². The van der Waals surface area contributed by atoms with E-state index in [1.807, 2.05) is 0 Å². The van der Waals surface area contributed by atoms with Crippen LogP contribution in [0.15, 0.2) is 24.3 Å². The Kier molecular flexibility index (Phi) is 4.87. The molecule has 0 aliphatic carbocycles. The molecule has 17 heavy (non-hydrogen) atoms. The van der Waals surface area contributed by atoms with Crippen LogP contribution in [-0.2, 0) is 4.74 Å². The second-order valence-corrected chi connectivity index (χ2v) is 4.93. The molecule has 94 valence electrons. The third-order valence-corrected chi connectivity index (χ3v) is 3.32. The highest BCUT2D eigenvalue weighted by Gasteiger charge is 2.12. The van der Waals surface area contributed by atoms with Gasteiger partial charge in [0, 0.05) is 18.8 Å². The molecule has 0 saturated carbocycles. The van der Waals surface area contributed by atoms with Crippen molar-refractivity contribution in [1.29, 1.82) is 0 Å². The monoisotopic (exact) mass is 233 g/mol. The van der Waals surface area contributed by atoms with Crippen molar-refractivity contribution in [2.24, 2.45) is 0 Å². The Balaban J connectivity index is 1.62. The summed E-state index contributed by atoms with van der Waals surface area (Å²) in [5.41, 5.74) is 2.54. The first kappa shape index (κ1) is 12.4. The predicted molar refractivity (Wildman–Crippen MR) is 72.5 cm³/mol. The van der Waals surface area contributed by atoms with Crippen LogP contribution in [0.25, 0.3) is 0 Å². The van der Waals surface area contributed by atoms with Crippen LogP contribution < -0.4 is 5.32 Å². The standard InChI is InChI=1S/C15H23NO/c1-13-6-4-7-14(12-13)16-10-5-9-15-8-2-3-11-17-15/h4,6-7,12,15-16H,2-3,5,8-11H2,1H3. The zero-order valence-corrected chi connectivity index (χ0v) is 10.7. The molecule has 1 fully saturated rings. The molecule has 1 atom stereocenters. The molecular weight excluding hydrogens is 210 g/mol. The van der Waals surface area contributed by atoms with Crippen LogP contribution >= 0.6 is 0 Å². The summed E-state index contributed by atoms with van der Waals surface area (Å²) >= 11 is 0. The lowest BCUT2D eigenvalue weighted by atomic mass is 10.0. The molecule has 1 aliphatic rings. The van der Waals surface area contributed by atoms with Gasteiger partial charge in [-0.3, -0.25) is 0 Å². The number of rotatable bonds is 5. The number of hydrogen-bond acceptors (Lipinski definition) is 2. The molecule has 0 aromatic heterocycles. The third-order valence-electron chi connectivity index (χ3n) is 3.32. The van der Waals surface area contributed by atoms with Crippen LogP contribution in [0.3, 0.4) is 0 Å². The SMILES string of the molecule is Cc1cccc(NCCCC2CCCCO2)c1. The summed E-state index contributed by atoms with van der Waals surface area (Å²) in [7, 11) is 0. The van der Waals surface area contributed by atoms with Gasteiger partial charge in [0.2, 0.25) is 0 Å². The van der Waals surface area contributed by atoms with E-state index in [2.05, 4.69) is 36.5 Å². The van der Waals surface area contributed by atoms with Crippen molar-refractivity contribution in [3.05, 3.63) is 29.8 Å². The molecule has 0 radical (unpaired) electrons. The summed E-state index contributed by atoms with van der Waals surface area (Å²) in [4.78, 5) is 0. The Morgan fingerprint density at radius 1 is 1.35 bits per heavy atom. The Morgan fingerprint density at radius 3 is 3.06 bits per heavy atom. The van der Waals surface area contributed by atoms with Crippen LogP contribution in [0.2, 0.25) is 0 Å². The van der Waals surface area contributed by atoms with Crippen molar-refractivity contribution in [2.75, 3.05) is 18.5 Å². The zero-order chi connectivity index (χ0) is 11.9. The van der Waals surface area contributed by atoms with E-state index in [0.717, 1.165) is 13.2 Å². The summed E-state index contributed by atoms with van der Waals surface area (Å²) in [5.74, 6) is 0. The fourth-order valence-corrected chi connectivity index (χ4v) is 2.35. The van der Waals surface area contributed by atoms with Crippen molar-refractivity contribution in [1.82, 2.24) is 0 Å². The van der Waals surface area contributed by atoms with Crippen LogP contribution in [0, 0.1) is 6.92 Å². The molecule has 1 aliphatic heterocycles. The van der Waals surface area contributed by atoms with Gasteiger partial charge in [-0.1, -0.05) is 12.1 Å². The number of ether oxygens (including phenoxy) is 1. The maximum atomic E-state index is 5.72. The van der Waals surface area contributed by atoms with E-state index in [4.69, 9.17) is 4.74 Å². The highest BCUT2D eigenvalue weighted by Crippen LogP contribution is 2.17. The summed E-state index contributed by atoms with van der Waals surface area (Å²) in [6, 6.07) is 8.55. The number of aryl methyl sites for hydroxylation is 1. The van der Waals surface area contributed by atoms with Gasteiger partial charge in [0.05, 0.1) is 6.10 Å². The van der Waals surface area contributed by atoms with Gasteiger partial charge in [-0.25, -0.2) is 0 Å². The minimum absolute atomic E-state index is 0.517. The van der Waals surface area contributed by atoms with Crippen molar-refractivity contribution in [2.45, 2.75) is 45.1 Å². The first-order valence-corrected chi connectivity index (χ1v) is 6.77. The quantitative estimate of drug-likeness (QED) is 0.782. The normalized spacial score (nSPS) is 20.2. The van der Waals surface area contributed by atoms with Gasteiger partial charge in [0.25, 0.3) is 0 Å². The summed E-state index contributed by atoms with van der Waals surface area (Å²) < 4.78 is 5.72. The van der Waals surface area contributed by atoms with E-state index < -0.39 is 0 Å². The summed E-state index contributed by atoms with van der Waals surface area (Å²) in [5, 5.41) is 3.47. The smallest absolute Gasteiger partial charge is 0.0575 e. The number of hydrogen-bond donors (Lipinski definition) is 1. The minimum Gasteiger partial charge on any atom is -0.385 e. The lowest BCUT2D eigenvalue weighted by molar-refractivity contribution is 0.0107. The Hall–Kier alpha value is -1.02. The second-order valence-electron chi connectivity index (χ2n) is 4.93. The van der Waals surface area contributed by atoms with E-state index in [9.17, 15) is 0 Å². The molecule has 2 nitrogen and oxygen atoms in total. The molecular formula is C15H23NO. The van der Waals surface area contributed by atoms with Crippen LogP contribution in [-0.4, -0.2) is 19.3 Å². The van der Waals surface area contributed by atoms with Gasteiger partial charge in [-0.2, -0.15) is 0 Å². The van der Waals surface area contributed by atoms with E-state index in [0.29, 0.717) is 6.10 Å². The van der Waals surface area contributed by atoms with Crippen LogP contribution in [0.5, 0.6) is 0 Å². The number of nitrogens with one attached hydrogen (secondary N) is 1. The lowest BCUT2D eigenvalue weighted by Gasteiger charge is -2.22. The topological polar surface area (TPSA) is 21.3 Å². The van der Waals surface area contributed by atoms with Gasteiger partial charge in [0.15, 0.2) is 0 Å². The Morgan fingerprint density at radius 2 is 2.29 bits per heavy atom. The Bertz CT molecular complexity index is 331. The lowest BCUT2D eigenvalue weighted by Crippen LogP contribution is -2.19. The van der Waals surface area contributed by atoms with E-state index >= 15 is 0 Å². The van der Waals surface area contributed by atoms with Gasteiger partial charge >= 0.3 is 0 Å². The average Bonchev–Trinajstić information content (AvgIpc) is 2.36. The fourth-order valence-electron chi connectivity index (χ4n) is 2.35. The van der Waals surface area contributed by atoms with E-state index in [1.165, 1.54) is 43.4 Å². The Labute approximate surface area is 104 Å². The first-order chi connectivity index (χ1) is 8.34. The van der Waals surface area contributed by atoms with Gasteiger partial charge in [-0.05, 0) is 56.7 Å². The largest absolute Gasteiger partial charge is 0.385 e. The molecule has 1 N–H and O–H groups in total. The highest BCUT2D eigenvalue weighted by molar-refractivity contribution is 5.45. The maximum Gasteiger partial charge on any atom is 0.0575 e. The molecule has 0 amide bonds. The minimum atomic E-state index is 0.517. The average molecular weight is 233 g/mol. The molecule has 1 unspecified atom stereocenters. The van der Waals surface area contributed by atoms with Crippen LogP contribution in [0.4, 0.5) is 5.69 Å². The van der Waals surface area contributed by atoms with Crippen molar-refractivity contribution >= 4 is 5.69 Å². The fraction of sp³-hybridized carbons (Fsp3) is 0.600. The summed E-state index contributed by atoms with van der Waals surface area (Å²) in [6.45, 7) is 4.14. The van der Waals surface area contributed by atoms with Gasteiger partial charge < -0.3 is 10.1 Å². The molecule has 0 spiro atoms. The number of anilines is 1. The van der Waals surface area contributed by atoms with Crippen molar-refractivity contribution in [3.63, 3.8) is 0 Å². The van der Waals surface area contributed by atoms with Gasteiger partial charge in [0.1, 0.15) is 0 Å². The second kappa shape index (κ2) is 6.65. The maximum absolute atomic E-state index is 5.72. The molecule has 0 bridgehead atoms. The van der Waals surface area contributed by atoms with Crippen molar-refractivity contribution in [3.8, 4) is 0 Å². The van der Waals surface area contributed by atoms with Crippen molar-refractivity contribution < 1.29 is 4.74 Å². The molecule has 2 rings (SSSR count).